The molecule has 2 rings (SSSR count). The fourth-order valence-corrected chi connectivity index (χ4v) is 2.27. The van der Waals surface area contributed by atoms with Gasteiger partial charge in [-0.3, -0.25) is 0 Å². The molecule has 0 atom stereocenters. The molecular weight excluding hydrogens is 242 g/mol. The first kappa shape index (κ1) is 13.8. The maximum atomic E-state index is 12.0. The summed E-state index contributed by atoms with van der Waals surface area (Å²) in [5, 5.41) is 5.84. The molecule has 0 unspecified atom stereocenters. The summed E-state index contributed by atoms with van der Waals surface area (Å²) in [6.45, 7) is 3.70. The van der Waals surface area contributed by atoms with Crippen LogP contribution in [0.4, 0.5) is 10.5 Å². The molecule has 0 aromatic heterocycles. The highest BCUT2D eigenvalue weighted by atomic mass is 16.5. The Bertz CT molecular complexity index is 442. The van der Waals surface area contributed by atoms with Crippen LogP contribution in [0, 0.1) is 6.92 Å². The number of urea groups is 1. The van der Waals surface area contributed by atoms with E-state index in [0.29, 0.717) is 19.8 Å². The molecule has 19 heavy (non-hydrogen) atoms. The van der Waals surface area contributed by atoms with Crippen LogP contribution in [0.15, 0.2) is 24.3 Å². The van der Waals surface area contributed by atoms with Gasteiger partial charge in [-0.05, 0) is 37.5 Å². The number of ether oxygens (including phenoxy) is 1. The van der Waals surface area contributed by atoms with Crippen LogP contribution >= 0.6 is 0 Å². The normalized spacial score (nSPS) is 17.8. The molecule has 0 bridgehead atoms. The van der Waals surface area contributed by atoms with Gasteiger partial charge in [0.05, 0.1) is 5.54 Å². The van der Waals surface area contributed by atoms with Gasteiger partial charge in [0.25, 0.3) is 0 Å². The summed E-state index contributed by atoms with van der Waals surface area (Å²) in [7, 11) is 0. The topological polar surface area (TPSA) is 76.4 Å². The monoisotopic (exact) mass is 263 g/mol. The zero-order valence-electron chi connectivity index (χ0n) is 11.2. The van der Waals surface area contributed by atoms with Crippen molar-refractivity contribution in [3.05, 3.63) is 29.8 Å². The number of carbonyl (C=O) groups excluding carboxylic acids is 1. The van der Waals surface area contributed by atoms with Crippen molar-refractivity contribution in [2.45, 2.75) is 25.3 Å². The van der Waals surface area contributed by atoms with Crippen molar-refractivity contribution in [1.82, 2.24) is 5.32 Å². The first-order valence-electron chi connectivity index (χ1n) is 6.57. The molecular formula is C14H21N3O2. The molecule has 1 aliphatic rings. The molecule has 104 valence electrons. The molecule has 0 saturated carbocycles. The van der Waals surface area contributed by atoms with Crippen LogP contribution in [0.1, 0.15) is 18.4 Å². The summed E-state index contributed by atoms with van der Waals surface area (Å²) in [4.78, 5) is 12.0. The van der Waals surface area contributed by atoms with Gasteiger partial charge in [-0.2, -0.15) is 0 Å². The van der Waals surface area contributed by atoms with E-state index in [2.05, 4.69) is 10.6 Å². The third-order valence-electron chi connectivity index (χ3n) is 3.50. The smallest absolute Gasteiger partial charge is 0.319 e. The Morgan fingerprint density at radius 3 is 2.79 bits per heavy atom. The van der Waals surface area contributed by atoms with Crippen LogP contribution in [0.3, 0.4) is 0 Å². The van der Waals surface area contributed by atoms with Gasteiger partial charge in [-0.1, -0.05) is 12.1 Å². The summed E-state index contributed by atoms with van der Waals surface area (Å²) < 4.78 is 5.31. The molecule has 1 fully saturated rings. The number of nitrogens with two attached hydrogens (primary N) is 1. The minimum atomic E-state index is -0.341. The van der Waals surface area contributed by atoms with Crippen LogP contribution in [0.25, 0.3) is 0 Å². The standard InChI is InChI=1S/C14H21N3O2/c1-11-3-2-4-12(9-11)16-13(18)17-14(10-15)5-7-19-8-6-14/h2-4,9H,5-8,10,15H2,1H3,(H2,16,17,18). The number of aryl methyl sites for hydroxylation is 1. The first-order valence-corrected chi connectivity index (χ1v) is 6.57. The van der Waals surface area contributed by atoms with Crippen molar-refractivity contribution >= 4 is 11.7 Å². The molecule has 1 saturated heterocycles. The number of hydrogen-bond acceptors (Lipinski definition) is 3. The number of nitrogens with one attached hydrogen (secondary N) is 2. The zero-order chi connectivity index (χ0) is 13.7. The quantitative estimate of drug-likeness (QED) is 0.775. The minimum Gasteiger partial charge on any atom is -0.381 e. The van der Waals surface area contributed by atoms with E-state index in [1.165, 1.54) is 0 Å². The summed E-state index contributed by atoms with van der Waals surface area (Å²) in [6, 6.07) is 7.49. The molecule has 0 aliphatic carbocycles. The fourth-order valence-electron chi connectivity index (χ4n) is 2.27. The van der Waals surface area contributed by atoms with Crippen LogP contribution < -0.4 is 16.4 Å². The highest BCUT2D eigenvalue weighted by Crippen LogP contribution is 2.19. The molecule has 1 heterocycles. The molecule has 4 N–H and O–H groups in total. The second-order valence-electron chi connectivity index (χ2n) is 5.05. The van der Waals surface area contributed by atoms with E-state index < -0.39 is 0 Å². The molecule has 1 aliphatic heterocycles. The van der Waals surface area contributed by atoms with E-state index in [4.69, 9.17) is 10.5 Å². The predicted molar refractivity (Wildman–Crippen MR) is 75.2 cm³/mol. The summed E-state index contributed by atoms with van der Waals surface area (Å²) in [5.41, 5.74) is 7.36. The maximum absolute atomic E-state index is 12.0. The van der Waals surface area contributed by atoms with Crippen molar-refractivity contribution in [1.29, 1.82) is 0 Å². The van der Waals surface area contributed by atoms with E-state index in [9.17, 15) is 4.79 Å². The molecule has 0 spiro atoms. The van der Waals surface area contributed by atoms with E-state index in [1.807, 2.05) is 31.2 Å². The fraction of sp³-hybridized carbons (Fsp3) is 0.500. The number of hydrogen-bond donors (Lipinski definition) is 3. The lowest BCUT2D eigenvalue weighted by Gasteiger charge is -2.36. The van der Waals surface area contributed by atoms with Crippen molar-refractivity contribution in [3.63, 3.8) is 0 Å². The van der Waals surface area contributed by atoms with Gasteiger partial charge >= 0.3 is 6.03 Å². The molecule has 5 nitrogen and oxygen atoms in total. The van der Waals surface area contributed by atoms with Gasteiger partial charge in [0.2, 0.25) is 0 Å². The Morgan fingerprint density at radius 1 is 1.42 bits per heavy atom. The average molecular weight is 263 g/mol. The Hall–Kier alpha value is -1.59. The van der Waals surface area contributed by atoms with Gasteiger partial charge in [-0.15, -0.1) is 0 Å². The highest BCUT2D eigenvalue weighted by Gasteiger charge is 2.32. The number of benzene rings is 1. The van der Waals surface area contributed by atoms with Crippen molar-refractivity contribution in [3.8, 4) is 0 Å². The van der Waals surface area contributed by atoms with Crippen LogP contribution in [0.2, 0.25) is 0 Å². The lowest BCUT2D eigenvalue weighted by molar-refractivity contribution is 0.0463. The predicted octanol–water partition coefficient (Wildman–Crippen LogP) is 1.62. The van der Waals surface area contributed by atoms with Gasteiger partial charge in [0, 0.05) is 25.4 Å². The van der Waals surface area contributed by atoms with Crippen LogP contribution in [-0.2, 0) is 4.74 Å². The number of amides is 2. The maximum Gasteiger partial charge on any atom is 0.319 e. The number of anilines is 1. The first-order chi connectivity index (χ1) is 9.13. The Labute approximate surface area is 113 Å². The third-order valence-corrected chi connectivity index (χ3v) is 3.50. The van der Waals surface area contributed by atoms with Gasteiger partial charge < -0.3 is 21.1 Å². The second kappa shape index (κ2) is 6.04. The SMILES string of the molecule is Cc1cccc(NC(=O)NC2(CN)CCOCC2)c1. The molecule has 2 amide bonds. The second-order valence-corrected chi connectivity index (χ2v) is 5.05. The summed E-state index contributed by atoms with van der Waals surface area (Å²) in [5.74, 6) is 0. The van der Waals surface area contributed by atoms with E-state index in [0.717, 1.165) is 24.1 Å². The largest absolute Gasteiger partial charge is 0.381 e. The van der Waals surface area contributed by atoms with Gasteiger partial charge in [0.15, 0.2) is 0 Å². The Morgan fingerprint density at radius 2 is 2.16 bits per heavy atom. The van der Waals surface area contributed by atoms with Crippen LogP contribution in [-0.4, -0.2) is 31.3 Å². The highest BCUT2D eigenvalue weighted by molar-refractivity contribution is 5.89. The van der Waals surface area contributed by atoms with Crippen molar-refractivity contribution in [2.75, 3.05) is 25.1 Å². The van der Waals surface area contributed by atoms with Gasteiger partial charge in [0.1, 0.15) is 0 Å². The van der Waals surface area contributed by atoms with E-state index >= 15 is 0 Å². The lowest BCUT2D eigenvalue weighted by Crippen LogP contribution is -2.57. The number of carbonyl (C=O) groups is 1. The van der Waals surface area contributed by atoms with E-state index in [-0.39, 0.29) is 11.6 Å². The minimum absolute atomic E-state index is 0.210. The molecule has 5 heteroatoms. The summed E-state index contributed by atoms with van der Waals surface area (Å²) >= 11 is 0. The Kier molecular flexibility index (Phi) is 4.39. The van der Waals surface area contributed by atoms with E-state index in [1.54, 1.807) is 0 Å². The van der Waals surface area contributed by atoms with Crippen molar-refractivity contribution < 1.29 is 9.53 Å². The number of rotatable bonds is 3. The molecule has 1 aromatic carbocycles. The third kappa shape index (κ3) is 3.68. The Balaban J connectivity index is 1.96. The zero-order valence-corrected chi connectivity index (χ0v) is 11.2. The van der Waals surface area contributed by atoms with Crippen LogP contribution in [0.5, 0.6) is 0 Å². The molecule has 1 aromatic rings. The van der Waals surface area contributed by atoms with Gasteiger partial charge in [-0.25, -0.2) is 4.79 Å². The molecule has 0 radical (unpaired) electrons. The lowest BCUT2D eigenvalue weighted by atomic mass is 9.90. The van der Waals surface area contributed by atoms with Crippen molar-refractivity contribution in [2.24, 2.45) is 5.73 Å². The average Bonchev–Trinajstić information content (AvgIpc) is 2.39. The summed E-state index contributed by atoms with van der Waals surface area (Å²) in [6.07, 6.45) is 1.51.